The second-order valence-corrected chi connectivity index (χ2v) is 10.5. The topological polar surface area (TPSA) is 102 Å². The van der Waals surface area contributed by atoms with Crippen molar-refractivity contribution in [1.29, 1.82) is 0 Å². The number of hydrogen-bond acceptors (Lipinski definition) is 7. The molecule has 1 amide bonds. The lowest BCUT2D eigenvalue weighted by Gasteiger charge is -2.14. The van der Waals surface area contributed by atoms with Gasteiger partial charge >= 0.3 is 0 Å². The molecule has 0 spiro atoms. The van der Waals surface area contributed by atoms with Crippen LogP contribution in [0, 0.1) is 19.8 Å². The first-order chi connectivity index (χ1) is 12.7. The van der Waals surface area contributed by atoms with Crippen molar-refractivity contribution < 1.29 is 17.6 Å². The van der Waals surface area contributed by atoms with E-state index in [2.05, 4.69) is 15.5 Å². The highest BCUT2D eigenvalue weighted by atomic mass is 32.2. The Morgan fingerprint density at radius 1 is 1.33 bits per heavy atom. The summed E-state index contributed by atoms with van der Waals surface area (Å²) >= 11 is 1.19. The first-order valence-electron chi connectivity index (χ1n) is 8.80. The zero-order chi connectivity index (χ0) is 19.6. The lowest BCUT2D eigenvalue weighted by molar-refractivity contribution is -0.115. The average molecular weight is 410 g/mol. The summed E-state index contributed by atoms with van der Waals surface area (Å²) in [6.07, 6.45) is 1.08. The van der Waals surface area contributed by atoms with Crippen LogP contribution in [-0.4, -0.2) is 41.3 Å². The highest BCUT2D eigenvalue weighted by Gasteiger charge is 2.29. The molecule has 27 heavy (non-hydrogen) atoms. The monoisotopic (exact) mass is 409 g/mol. The molecule has 1 aromatic heterocycles. The summed E-state index contributed by atoms with van der Waals surface area (Å²) in [6, 6.07) is 5.86. The average Bonchev–Trinajstić information content (AvgIpc) is 3.17. The van der Waals surface area contributed by atoms with Gasteiger partial charge in [-0.25, -0.2) is 8.42 Å². The van der Waals surface area contributed by atoms with E-state index in [9.17, 15) is 13.2 Å². The predicted octanol–water partition coefficient (Wildman–Crippen LogP) is 2.78. The normalized spacial score (nSPS) is 19.7. The number of thioether (sulfide) groups is 1. The summed E-state index contributed by atoms with van der Waals surface area (Å²) in [6.45, 7) is 5.68. The van der Waals surface area contributed by atoms with Gasteiger partial charge in [-0.3, -0.25) is 4.79 Å². The Hall–Kier alpha value is -1.87. The van der Waals surface area contributed by atoms with E-state index < -0.39 is 15.1 Å². The minimum Gasteiger partial charge on any atom is -0.416 e. The molecule has 0 radical (unpaired) electrons. The number of benzene rings is 1. The number of carbonyl (C=O) groups is 1. The molecule has 2 aromatic rings. The number of hydrogen-bond donors (Lipinski definition) is 1. The Labute approximate surface area is 163 Å². The van der Waals surface area contributed by atoms with Gasteiger partial charge in [0.15, 0.2) is 9.84 Å². The number of nitrogens with one attached hydrogen (secondary N) is 1. The van der Waals surface area contributed by atoms with E-state index >= 15 is 0 Å². The summed E-state index contributed by atoms with van der Waals surface area (Å²) in [7, 11) is -2.92. The van der Waals surface area contributed by atoms with E-state index in [-0.39, 0.29) is 23.3 Å². The third kappa shape index (κ3) is 5.10. The van der Waals surface area contributed by atoms with Gasteiger partial charge in [0.25, 0.3) is 5.22 Å². The Balaban J connectivity index is 1.57. The van der Waals surface area contributed by atoms with Gasteiger partial charge in [0.1, 0.15) is 0 Å². The van der Waals surface area contributed by atoms with Crippen LogP contribution in [0.15, 0.2) is 27.8 Å². The van der Waals surface area contributed by atoms with Gasteiger partial charge in [-0.1, -0.05) is 30.0 Å². The predicted molar refractivity (Wildman–Crippen MR) is 105 cm³/mol. The smallest absolute Gasteiger partial charge is 0.277 e. The van der Waals surface area contributed by atoms with Gasteiger partial charge in [-0.05, 0) is 44.2 Å². The largest absolute Gasteiger partial charge is 0.416 e. The van der Waals surface area contributed by atoms with Crippen LogP contribution in [0.5, 0.6) is 0 Å². The number of rotatable bonds is 6. The number of anilines is 1. The lowest BCUT2D eigenvalue weighted by Crippen LogP contribution is -2.23. The molecule has 9 heteroatoms. The number of aromatic nitrogens is 2. The van der Waals surface area contributed by atoms with Gasteiger partial charge in [0, 0.05) is 12.1 Å². The zero-order valence-electron chi connectivity index (χ0n) is 15.6. The summed E-state index contributed by atoms with van der Waals surface area (Å²) in [4.78, 5) is 12.5. The van der Waals surface area contributed by atoms with Crippen LogP contribution in [0.1, 0.15) is 30.4 Å². The van der Waals surface area contributed by atoms with Crippen molar-refractivity contribution in [3.05, 3.63) is 35.2 Å². The van der Waals surface area contributed by atoms with E-state index in [0.717, 1.165) is 16.8 Å². The Kier molecular flexibility index (Phi) is 5.90. The standard InChI is InChI=1S/C18H23N3O4S2/c1-11-5-4-6-12(2)16(11)19-17(22)13(3)26-18-21-20-15(25-18)9-14-7-8-27(23,24)10-14/h4-6,13-14H,7-10H2,1-3H3,(H,19,22)/t13-,14-/m0/s1. The van der Waals surface area contributed by atoms with Crippen LogP contribution in [0.3, 0.4) is 0 Å². The molecule has 0 bridgehead atoms. The van der Waals surface area contributed by atoms with Gasteiger partial charge < -0.3 is 9.73 Å². The Morgan fingerprint density at radius 3 is 2.67 bits per heavy atom. The maximum atomic E-state index is 12.5. The van der Waals surface area contributed by atoms with Crippen molar-refractivity contribution in [1.82, 2.24) is 10.2 Å². The Morgan fingerprint density at radius 2 is 2.04 bits per heavy atom. The number of aryl methyl sites for hydroxylation is 2. The maximum Gasteiger partial charge on any atom is 0.277 e. The molecule has 3 rings (SSSR count). The van der Waals surface area contributed by atoms with Gasteiger partial charge in [-0.2, -0.15) is 0 Å². The number of amides is 1. The highest BCUT2D eigenvalue weighted by molar-refractivity contribution is 8.00. The number of para-hydroxylation sites is 1. The fourth-order valence-electron chi connectivity index (χ4n) is 3.09. The molecular formula is C18H23N3O4S2. The van der Waals surface area contributed by atoms with E-state index in [1.54, 1.807) is 6.92 Å². The fraction of sp³-hybridized carbons (Fsp3) is 0.500. The first kappa shape index (κ1) is 19.9. The molecule has 1 N–H and O–H groups in total. The molecule has 2 atom stereocenters. The SMILES string of the molecule is Cc1cccc(C)c1NC(=O)[C@H](C)Sc1nnc(C[C@@H]2CCS(=O)(=O)C2)o1. The van der Waals surface area contributed by atoms with Crippen LogP contribution in [0.25, 0.3) is 0 Å². The van der Waals surface area contributed by atoms with Crippen LogP contribution >= 0.6 is 11.8 Å². The van der Waals surface area contributed by atoms with Crippen molar-refractivity contribution in [2.24, 2.45) is 5.92 Å². The molecule has 0 aliphatic carbocycles. The second kappa shape index (κ2) is 8.02. The third-order valence-corrected chi connectivity index (χ3v) is 7.39. The number of carbonyl (C=O) groups excluding carboxylic acids is 1. The molecule has 146 valence electrons. The molecule has 1 aliphatic rings. The lowest BCUT2D eigenvalue weighted by atomic mass is 10.1. The summed E-state index contributed by atoms with van der Waals surface area (Å²) in [5, 5.41) is 10.8. The molecule has 2 heterocycles. The zero-order valence-corrected chi connectivity index (χ0v) is 17.2. The highest BCUT2D eigenvalue weighted by Crippen LogP contribution is 2.27. The van der Waals surface area contributed by atoms with E-state index in [0.29, 0.717) is 24.0 Å². The summed E-state index contributed by atoms with van der Waals surface area (Å²) in [5.74, 6) is 0.703. The number of nitrogens with zero attached hydrogens (tertiary/aromatic N) is 2. The molecule has 1 aliphatic heterocycles. The summed E-state index contributed by atoms with van der Waals surface area (Å²) < 4.78 is 28.7. The van der Waals surface area contributed by atoms with Crippen molar-refractivity contribution >= 4 is 33.2 Å². The minimum absolute atomic E-state index is 0.0260. The van der Waals surface area contributed by atoms with Crippen molar-refractivity contribution in [2.75, 3.05) is 16.8 Å². The molecule has 7 nitrogen and oxygen atoms in total. The fourth-order valence-corrected chi connectivity index (χ4v) is 5.65. The molecular weight excluding hydrogens is 386 g/mol. The quantitative estimate of drug-likeness (QED) is 0.732. The van der Waals surface area contributed by atoms with E-state index in [1.165, 1.54) is 11.8 Å². The van der Waals surface area contributed by atoms with Crippen molar-refractivity contribution in [3.63, 3.8) is 0 Å². The maximum absolute atomic E-state index is 12.5. The van der Waals surface area contributed by atoms with Crippen LogP contribution in [0.2, 0.25) is 0 Å². The van der Waals surface area contributed by atoms with Crippen LogP contribution in [-0.2, 0) is 21.1 Å². The van der Waals surface area contributed by atoms with Gasteiger partial charge in [0.05, 0.1) is 16.8 Å². The molecule has 1 saturated heterocycles. The minimum atomic E-state index is -2.92. The molecule has 0 saturated carbocycles. The Bertz CT molecular complexity index is 920. The van der Waals surface area contributed by atoms with Gasteiger partial charge in [-0.15, -0.1) is 10.2 Å². The van der Waals surface area contributed by atoms with E-state index in [4.69, 9.17) is 4.42 Å². The van der Waals surface area contributed by atoms with Gasteiger partial charge in [0.2, 0.25) is 11.8 Å². The third-order valence-electron chi connectivity index (χ3n) is 4.61. The number of sulfone groups is 1. The summed E-state index contributed by atoms with van der Waals surface area (Å²) in [5.41, 5.74) is 2.84. The second-order valence-electron chi connectivity index (χ2n) is 6.95. The van der Waals surface area contributed by atoms with Crippen LogP contribution < -0.4 is 5.32 Å². The first-order valence-corrected chi connectivity index (χ1v) is 11.5. The van der Waals surface area contributed by atoms with Crippen molar-refractivity contribution in [2.45, 2.75) is 44.1 Å². The molecule has 1 aromatic carbocycles. The molecule has 1 fully saturated rings. The van der Waals surface area contributed by atoms with Crippen molar-refractivity contribution in [3.8, 4) is 0 Å². The van der Waals surface area contributed by atoms with E-state index in [1.807, 2.05) is 32.0 Å². The van der Waals surface area contributed by atoms with Crippen LogP contribution in [0.4, 0.5) is 5.69 Å². The molecule has 0 unspecified atom stereocenters.